The third-order valence-corrected chi connectivity index (χ3v) is 10.6. The molecule has 2 aromatic heterocycles. The number of carbonyl (C=O) groups is 2. The van der Waals surface area contributed by atoms with E-state index in [9.17, 15) is 23.1 Å². The predicted octanol–water partition coefficient (Wildman–Crippen LogP) is 6.17. The number of ether oxygens (including phenoxy) is 1. The van der Waals surface area contributed by atoms with Crippen LogP contribution in [-0.4, -0.2) is 50.9 Å². The second kappa shape index (κ2) is 13.7. The molecule has 0 saturated heterocycles. The van der Waals surface area contributed by atoms with Crippen molar-refractivity contribution in [3.05, 3.63) is 94.9 Å². The normalized spacial score (nSPS) is 18.9. The van der Waals surface area contributed by atoms with Gasteiger partial charge in [0.2, 0.25) is 15.9 Å². The number of carboxylic acid groups (broad SMARTS) is 1. The molecular formula is C36H37F2N5O6S. The number of rotatable bonds is 4. The first-order valence-electron chi connectivity index (χ1n) is 16.3. The first-order chi connectivity index (χ1) is 23.7. The lowest BCUT2D eigenvalue weighted by molar-refractivity contribution is -0.141. The van der Waals surface area contributed by atoms with Crippen molar-refractivity contribution in [3.63, 3.8) is 0 Å². The van der Waals surface area contributed by atoms with Crippen LogP contribution >= 0.6 is 0 Å². The van der Waals surface area contributed by atoms with Crippen molar-refractivity contribution in [1.29, 1.82) is 0 Å². The van der Waals surface area contributed by atoms with Crippen molar-refractivity contribution >= 4 is 32.8 Å². The minimum absolute atomic E-state index is 0.0356. The highest BCUT2D eigenvalue weighted by molar-refractivity contribution is 7.90. The summed E-state index contributed by atoms with van der Waals surface area (Å²) >= 11 is 0. The lowest BCUT2D eigenvalue weighted by Gasteiger charge is -2.28. The van der Waals surface area contributed by atoms with E-state index in [4.69, 9.17) is 14.8 Å². The van der Waals surface area contributed by atoms with Crippen LogP contribution in [0.25, 0.3) is 22.3 Å². The van der Waals surface area contributed by atoms with E-state index in [2.05, 4.69) is 9.71 Å². The molecule has 4 bridgehead atoms. The van der Waals surface area contributed by atoms with Crippen LogP contribution in [0.1, 0.15) is 62.0 Å². The highest BCUT2D eigenvalue weighted by Gasteiger charge is 2.35. The van der Waals surface area contributed by atoms with Crippen LogP contribution in [-0.2, 0) is 44.9 Å². The van der Waals surface area contributed by atoms with Gasteiger partial charge in [-0.25, -0.2) is 26.9 Å². The number of aryl methyl sites for hydroxylation is 2. The third-order valence-electron chi connectivity index (χ3n) is 9.26. The molecule has 5 aromatic rings. The Kier molecular flexibility index (Phi) is 9.49. The summed E-state index contributed by atoms with van der Waals surface area (Å²) in [6.45, 7) is 3.53. The van der Waals surface area contributed by atoms with Crippen LogP contribution in [0.5, 0.6) is 11.5 Å². The average molecular weight is 706 g/mol. The Hall–Kier alpha value is -5.11. The number of hydrogen-bond donors (Lipinski definition) is 3. The molecule has 3 aromatic carbocycles. The van der Waals surface area contributed by atoms with E-state index in [0.29, 0.717) is 35.1 Å². The van der Waals surface area contributed by atoms with Crippen molar-refractivity contribution in [3.8, 4) is 22.9 Å². The van der Waals surface area contributed by atoms with E-state index in [-0.39, 0.29) is 54.3 Å². The molecule has 2 atom stereocenters. The Bertz CT molecular complexity index is 2220. The number of benzene rings is 3. The largest absolute Gasteiger partial charge is 0.481 e. The van der Waals surface area contributed by atoms with Gasteiger partial charge in [0.25, 0.3) is 0 Å². The SMILES string of the molecule is CC(Cc1cccc(C2(C)CCCCS(=O)(=O)NC(=O)CCc3c(c(F)cc4[nH]ccc34)Oc3ccc(F)c(c3)-c3nc2nn3C)c1)C(=O)O. The molecule has 6 rings (SSSR count). The molecule has 0 radical (unpaired) electrons. The highest BCUT2D eigenvalue weighted by atomic mass is 32.2. The Morgan fingerprint density at radius 1 is 1.10 bits per heavy atom. The van der Waals surface area contributed by atoms with Crippen molar-refractivity contribution in [2.75, 3.05) is 5.75 Å². The number of aromatic nitrogens is 4. The molecule has 1 aliphatic heterocycles. The summed E-state index contributed by atoms with van der Waals surface area (Å²) in [6, 6.07) is 14.3. The fourth-order valence-corrected chi connectivity index (χ4v) is 7.58. The number of nitrogens with zero attached hydrogens (tertiary/aromatic N) is 3. The zero-order chi connectivity index (χ0) is 35.8. The van der Waals surface area contributed by atoms with Gasteiger partial charge in [-0.15, -0.1) is 0 Å². The minimum atomic E-state index is -4.00. The summed E-state index contributed by atoms with van der Waals surface area (Å²) in [5, 5.41) is 14.8. The van der Waals surface area contributed by atoms with Crippen molar-refractivity contribution in [2.45, 2.75) is 57.8 Å². The summed E-state index contributed by atoms with van der Waals surface area (Å²) < 4.78 is 66.7. The number of aliphatic carboxylic acids is 1. The van der Waals surface area contributed by atoms with Crippen LogP contribution in [0, 0.1) is 17.6 Å². The molecule has 3 heterocycles. The second-order valence-corrected chi connectivity index (χ2v) is 14.9. The number of carbonyl (C=O) groups excluding carboxylic acids is 1. The van der Waals surface area contributed by atoms with Gasteiger partial charge in [0.05, 0.1) is 22.6 Å². The third kappa shape index (κ3) is 7.11. The molecule has 1 aliphatic rings. The van der Waals surface area contributed by atoms with E-state index in [0.717, 1.165) is 11.1 Å². The number of hydrogen-bond acceptors (Lipinski definition) is 7. The summed E-state index contributed by atoms with van der Waals surface area (Å²) in [7, 11) is -2.37. The van der Waals surface area contributed by atoms with Crippen molar-refractivity contribution < 1.29 is 36.6 Å². The fraction of sp³-hybridized carbons (Fsp3) is 0.333. The molecular weight excluding hydrogens is 668 g/mol. The van der Waals surface area contributed by atoms with Crippen LogP contribution in [0.4, 0.5) is 8.78 Å². The summed E-state index contributed by atoms with van der Waals surface area (Å²) in [5.41, 5.74) is 1.51. The molecule has 50 heavy (non-hydrogen) atoms. The molecule has 14 heteroatoms. The molecule has 0 fully saturated rings. The summed E-state index contributed by atoms with van der Waals surface area (Å²) in [6.07, 6.45) is 2.59. The Morgan fingerprint density at radius 3 is 2.68 bits per heavy atom. The fourth-order valence-electron chi connectivity index (χ4n) is 6.44. The van der Waals surface area contributed by atoms with Crippen LogP contribution in [0.3, 0.4) is 0 Å². The quantitative estimate of drug-likeness (QED) is 0.201. The molecule has 0 aliphatic carbocycles. The zero-order valence-corrected chi connectivity index (χ0v) is 28.6. The second-order valence-electron chi connectivity index (χ2n) is 13.0. The first kappa shape index (κ1) is 34.7. The maximum Gasteiger partial charge on any atom is 0.306 e. The van der Waals surface area contributed by atoms with E-state index >= 15 is 8.78 Å². The van der Waals surface area contributed by atoms with Crippen LogP contribution in [0.2, 0.25) is 0 Å². The smallest absolute Gasteiger partial charge is 0.306 e. The van der Waals surface area contributed by atoms with Gasteiger partial charge >= 0.3 is 5.97 Å². The Labute approximate surface area is 287 Å². The topological polar surface area (TPSA) is 156 Å². The number of nitrogens with one attached hydrogen (secondary N) is 2. The van der Waals surface area contributed by atoms with E-state index < -0.39 is 44.9 Å². The number of amides is 1. The highest BCUT2D eigenvalue weighted by Crippen LogP contribution is 2.39. The van der Waals surface area contributed by atoms with Gasteiger partial charge in [-0.05, 0) is 68.0 Å². The van der Waals surface area contributed by atoms with Gasteiger partial charge in [-0.3, -0.25) is 14.3 Å². The van der Waals surface area contributed by atoms with Gasteiger partial charge in [0.15, 0.2) is 23.2 Å². The Balaban J connectivity index is 1.47. The van der Waals surface area contributed by atoms with Crippen molar-refractivity contribution in [2.24, 2.45) is 13.0 Å². The molecule has 2 unspecified atom stereocenters. The average Bonchev–Trinajstić information content (AvgIpc) is 3.69. The monoisotopic (exact) mass is 705 g/mol. The van der Waals surface area contributed by atoms with Gasteiger partial charge in [0, 0.05) is 42.2 Å². The van der Waals surface area contributed by atoms with E-state index in [1.54, 1.807) is 26.2 Å². The minimum Gasteiger partial charge on any atom is -0.481 e. The predicted molar refractivity (Wildman–Crippen MR) is 182 cm³/mol. The number of H-pyrrole nitrogens is 1. The molecule has 262 valence electrons. The van der Waals surface area contributed by atoms with E-state index in [1.165, 1.54) is 28.9 Å². The lowest BCUT2D eigenvalue weighted by atomic mass is 9.76. The molecule has 0 saturated carbocycles. The maximum atomic E-state index is 15.6. The van der Waals surface area contributed by atoms with Gasteiger partial charge in [0.1, 0.15) is 11.6 Å². The standard InChI is InChI=1S/C36H37F2N5O6S/c1-21(34(45)46)17-22-7-6-8-23(18-22)36(2)14-4-5-16-50(47,48)42-31(44)12-10-26-25-13-15-39-30(25)20-29(38)32(26)49-24-9-11-28(37)27(19-24)33-40-35(36)41-43(33)3/h6-9,11,13,15,18-21,39H,4-5,10,12,14,16-17H2,1-3H3,(H,42,44)(H,45,46). The first-order valence-corrected chi connectivity index (χ1v) is 17.9. The zero-order valence-electron chi connectivity index (χ0n) is 27.8. The molecule has 1 amide bonds. The summed E-state index contributed by atoms with van der Waals surface area (Å²) in [4.78, 5) is 32.2. The number of sulfonamides is 1. The van der Waals surface area contributed by atoms with E-state index in [1.807, 2.05) is 31.2 Å². The number of fused-ring (bicyclic) bond motifs is 8. The molecule has 0 spiro atoms. The molecule has 11 nitrogen and oxygen atoms in total. The molecule has 3 N–H and O–H groups in total. The number of halogens is 2. The van der Waals surface area contributed by atoms with Gasteiger partial charge in [-0.1, -0.05) is 37.6 Å². The lowest BCUT2D eigenvalue weighted by Crippen LogP contribution is -2.33. The summed E-state index contributed by atoms with van der Waals surface area (Å²) in [5.74, 6) is -3.49. The maximum absolute atomic E-state index is 15.6. The van der Waals surface area contributed by atoms with Crippen LogP contribution in [0.15, 0.2) is 60.8 Å². The van der Waals surface area contributed by atoms with Gasteiger partial charge in [-0.2, -0.15) is 5.10 Å². The number of aromatic amines is 1. The van der Waals surface area contributed by atoms with Crippen LogP contribution < -0.4 is 9.46 Å². The Morgan fingerprint density at radius 2 is 1.90 bits per heavy atom. The van der Waals surface area contributed by atoms with Gasteiger partial charge < -0.3 is 14.8 Å². The number of carboxylic acids is 1. The van der Waals surface area contributed by atoms with Crippen molar-refractivity contribution in [1.82, 2.24) is 24.5 Å².